The summed E-state index contributed by atoms with van der Waals surface area (Å²) in [5.74, 6) is 0. The van der Waals surface area contributed by atoms with Crippen molar-refractivity contribution in [1.29, 1.82) is 0 Å². The lowest BCUT2D eigenvalue weighted by atomic mass is 9.91. The zero-order valence-corrected chi connectivity index (χ0v) is 39.9. The van der Waals surface area contributed by atoms with Crippen molar-refractivity contribution in [1.82, 2.24) is 0 Å². The zero-order valence-electron chi connectivity index (χ0n) is 39.9. The van der Waals surface area contributed by atoms with E-state index in [1.54, 1.807) is 0 Å². The van der Waals surface area contributed by atoms with Crippen LogP contribution in [0, 0.1) is 0 Å². The van der Waals surface area contributed by atoms with Crippen molar-refractivity contribution < 1.29 is 0 Å². The SMILES string of the molecule is C=C\C=C/C(=C\Cc1ccc(N(c2ccc(-c3ccccc3)cc2)c2ccc3c(c2)CCCC3)cc1/C=C/C)C(/C=C\C(=C)N(c1ccc(-c2ccccc2)cc1)c1ccc2ccccc2c1)=C\C. The molecule has 0 fully saturated rings. The highest BCUT2D eigenvalue weighted by Gasteiger charge is 2.18. The molecule has 9 rings (SSSR count). The van der Waals surface area contributed by atoms with Crippen molar-refractivity contribution >= 4 is 45.3 Å². The Morgan fingerprint density at radius 1 is 0.507 bits per heavy atom. The Labute approximate surface area is 410 Å². The second-order valence-corrected chi connectivity index (χ2v) is 17.6. The summed E-state index contributed by atoms with van der Waals surface area (Å²) in [5, 5.41) is 2.38. The van der Waals surface area contributed by atoms with E-state index in [2.05, 4.69) is 267 Å². The quantitative estimate of drug-likeness (QED) is 0.0892. The highest BCUT2D eigenvalue weighted by Crippen LogP contribution is 2.39. The molecule has 0 saturated carbocycles. The van der Waals surface area contributed by atoms with Crippen molar-refractivity contribution in [3.05, 3.63) is 289 Å². The van der Waals surface area contributed by atoms with Crippen LogP contribution < -0.4 is 9.80 Å². The lowest BCUT2D eigenvalue weighted by Crippen LogP contribution is -2.14. The Morgan fingerprint density at radius 2 is 1.09 bits per heavy atom. The van der Waals surface area contributed by atoms with Crippen LogP contribution in [0.15, 0.2) is 267 Å². The van der Waals surface area contributed by atoms with Crippen LogP contribution in [-0.4, -0.2) is 0 Å². The fraction of sp³-hybridized carbons (Fsp3) is 0.104. The summed E-state index contributed by atoms with van der Waals surface area (Å²) in [7, 11) is 0. The fourth-order valence-corrected chi connectivity index (χ4v) is 9.51. The Hall–Kier alpha value is -8.20. The molecule has 0 amide bonds. The molecule has 0 spiro atoms. The van der Waals surface area contributed by atoms with Gasteiger partial charge in [-0.25, -0.2) is 0 Å². The van der Waals surface area contributed by atoms with Gasteiger partial charge in [0.1, 0.15) is 0 Å². The normalized spacial score (nSPS) is 13.0. The van der Waals surface area contributed by atoms with Gasteiger partial charge < -0.3 is 9.80 Å². The van der Waals surface area contributed by atoms with Gasteiger partial charge in [0.05, 0.1) is 0 Å². The van der Waals surface area contributed by atoms with E-state index in [9.17, 15) is 0 Å². The van der Waals surface area contributed by atoms with Crippen LogP contribution in [-0.2, 0) is 19.3 Å². The zero-order chi connectivity index (χ0) is 47.4. The molecule has 0 heterocycles. The van der Waals surface area contributed by atoms with Crippen LogP contribution in [0.1, 0.15) is 48.9 Å². The maximum absolute atomic E-state index is 4.67. The Balaban J connectivity index is 1.02. The molecule has 69 heavy (non-hydrogen) atoms. The summed E-state index contributed by atoms with van der Waals surface area (Å²) in [6, 6.07) is 68.0. The van der Waals surface area contributed by atoms with Gasteiger partial charge >= 0.3 is 0 Å². The van der Waals surface area contributed by atoms with Crippen molar-refractivity contribution in [3.8, 4) is 22.3 Å². The summed E-state index contributed by atoms with van der Waals surface area (Å²) in [4.78, 5) is 4.66. The predicted octanol–water partition coefficient (Wildman–Crippen LogP) is 18.6. The highest BCUT2D eigenvalue weighted by atomic mass is 15.1. The number of rotatable bonds is 16. The van der Waals surface area contributed by atoms with Crippen LogP contribution in [0.2, 0.25) is 0 Å². The van der Waals surface area contributed by atoms with Gasteiger partial charge in [-0.05, 0) is 179 Å². The molecule has 0 aromatic heterocycles. The minimum absolute atomic E-state index is 0.741. The third-order valence-corrected chi connectivity index (χ3v) is 13.1. The summed E-state index contributed by atoms with van der Waals surface area (Å²) < 4.78 is 0. The van der Waals surface area contributed by atoms with Gasteiger partial charge in [-0.3, -0.25) is 0 Å². The maximum atomic E-state index is 4.67. The molecule has 1 aliphatic carbocycles. The summed E-state index contributed by atoms with van der Waals surface area (Å²) in [5.41, 5.74) is 18.8. The van der Waals surface area contributed by atoms with Crippen LogP contribution in [0.3, 0.4) is 0 Å². The molecule has 0 saturated heterocycles. The van der Waals surface area contributed by atoms with Crippen molar-refractivity contribution in [3.63, 3.8) is 0 Å². The standard InChI is InChI=1S/C67H60N2/c1-5-8-20-54(51(7-3)30-29-50(4)68(65-44-37-55-25-15-17-27-61(55)48-65)63-40-33-57(34-41-63)52-21-11-9-12-22-52)31-32-59-39-46-66(47-60(59)19-6-2)69(67-45-38-56-26-16-18-28-62(56)49-67)64-42-35-58(36-43-64)53-23-13-10-14-24-53/h5-15,17,19-25,27,29-31,33-49H,1,4,16,18,26,28,32H2,2-3H3/b19-6+,20-8-,30-29-,51-7-,54-31+. The summed E-state index contributed by atoms with van der Waals surface area (Å²) >= 11 is 0. The second kappa shape index (κ2) is 22.1. The number of hydrogen-bond donors (Lipinski definition) is 0. The third kappa shape index (κ3) is 10.8. The first kappa shape index (κ1) is 45.9. The summed E-state index contributed by atoms with van der Waals surface area (Å²) in [6.07, 6.45) is 24.8. The molecular formula is C67H60N2. The van der Waals surface area contributed by atoms with Gasteiger partial charge in [-0.2, -0.15) is 0 Å². The van der Waals surface area contributed by atoms with E-state index in [4.69, 9.17) is 0 Å². The van der Waals surface area contributed by atoms with E-state index in [-0.39, 0.29) is 0 Å². The molecule has 8 aromatic carbocycles. The van der Waals surface area contributed by atoms with E-state index < -0.39 is 0 Å². The predicted molar refractivity (Wildman–Crippen MR) is 299 cm³/mol. The van der Waals surface area contributed by atoms with E-state index in [1.807, 2.05) is 12.2 Å². The largest absolute Gasteiger partial charge is 0.311 e. The van der Waals surface area contributed by atoms with E-state index in [1.165, 1.54) is 73.8 Å². The number of anilines is 5. The molecule has 2 heteroatoms. The first-order valence-electron chi connectivity index (χ1n) is 24.3. The fourth-order valence-electron chi connectivity index (χ4n) is 9.51. The molecule has 0 N–H and O–H groups in total. The minimum atomic E-state index is 0.741. The molecule has 0 aliphatic heterocycles. The molecule has 0 radical (unpaired) electrons. The Kier molecular flexibility index (Phi) is 14.7. The first-order chi connectivity index (χ1) is 34.0. The van der Waals surface area contributed by atoms with E-state index >= 15 is 0 Å². The molecule has 8 aromatic rings. The van der Waals surface area contributed by atoms with Gasteiger partial charge in [0.25, 0.3) is 0 Å². The third-order valence-electron chi connectivity index (χ3n) is 13.1. The Bertz CT molecular complexity index is 3220. The Morgan fingerprint density at radius 3 is 1.75 bits per heavy atom. The number of fused-ring (bicyclic) bond motifs is 2. The van der Waals surface area contributed by atoms with Gasteiger partial charge in [0, 0.05) is 34.1 Å². The second-order valence-electron chi connectivity index (χ2n) is 17.6. The topological polar surface area (TPSA) is 6.48 Å². The van der Waals surface area contributed by atoms with Crippen LogP contribution in [0.4, 0.5) is 28.4 Å². The van der Waals surface area contributed by atoms with Crippen molar-refractivity contribution in [2.45, 2.75) is 46.0 Å². The van der Waals surface area contributed by atoms with Gasteiger partial charge in [-0.1, -0.05) is 189 Å². The molecule has 1 aliphatic rings. The lowest BCUT2D eigenvalue weighted by molar-refractivity contribution is 0.685. The molecule has 2 nitrogen and oxygen atoms in total. The molecule has 338 valence electrons. The number of hydrogen-bond acceptors (Lipinski definition) is 2. The van der Waals surface area contributed by atoms with Gasteiger partial charge in [0.15, 0.2) is 0 Å². The average Bonchev–Trinajstić information content (AvgIpc) is 3.40. The molecule has 0 bridgehead atoms. The summed E-state index contributed by atoms with van der Waals surface area (Å²) in [6.45, 7) is 12.9. The molecule has 0 atom stereocenters. The molecular weight excluding hydrogens is 833 g/mol. The number of nitrogens with zero attached hydrogens (tertiary/aromatic N) is 2. The van der Waals surface area contributed by atoms with E-state index in [0.717, 1.165) is 58.9 Å². The lowest BCUT2D eigenvalue weighted by Gasteiger charge is -2.28. The number of aryl methyl sites for hydroxylation is 2. The molecule has 0 unspecified atom stereocenters. The van der Waals surface area contributed by atoms with Gasteiger partial charge in [0.2, 0.25) is 0 Å². The smallest absolute Gasteiger partial charge is 0.0467 e. The highest BCUT2D eigenvalue weighted by molar-refractivity contribution is 5.88. The van der Waals surface area contributed by atoms with Crippen LogP contribution in [0.5, 0.6) is 0 Å². The monoisotopic (exact) mass is 892 g/mol. The first-order valence-corrected chi connectivity index (χ1v) is 24.3. The van der Waals surface area contributed by atoms with Crippen LogP contribution in [0.25, 0.3) is 39.1 Å². The number of allylic oxidation sites excluding steroid dienone is 10. The average molecular weight is 893 g/mol. The van der Waals surface area contributed by atoms with Crippen LogP contribution >= 0.6 is 0 Å². The number of benzene rings is 8. The van der Waals surface area contributed by atoms with Crippen molar-refractivity contribution in [2.75, 3.05) is 9.80 Å². The van der Waals surface area contributed by atoms with Crippen molar-refractivity contribution in [2.24, 2.45) is 0 Å². The minimum Gasteiger partial charge on any atom is -0.311 e. The van der Waals surface area contributed by atoms with E-state index in [0.29, 0.717) is 0 Å². The maximum Gasteiger partial charge on any atom is 0.0467 e. The van der Waals surface area contributed by atoms with Gasteiger partial charge in [-0.15, -0.1) is 0 Å².